The van der Waals surface area contributed by atoms with Crippen molar-refractivity contribution < 1.29 is 13.2 Å². The molecule has 0 spiro atoms. The molecule has 3 aliphatic heterocycles. The number of piperidine rings is 1. The minimum atomic E-state index is -2.84. The van der Waals surface area contributed by atoms with Gasteiger partial charge < -0.3 is 4.90 Å². The molecule has 3 aliphatic rings. The molecule has 0 N–H and O–H groups in total. The number of likely N-dealkylation sites (tertiary alicyclic amines) is 1. The lowest BCUT2D eigenvalue weighted by molar-refractivity contribution is -0.123. The van der Waals surface area contributed by atoms with E-state index in [2.05, 4.69) is 11.0 Å². The number of fused-ring (bicyclic) bond motifs is 1. The summed E-state index contributed by atoms with van der Waals surface area (Å²) in [7, 11) is -2.84. The number of benzene rings is 1. The topological polar surface area (TPSA) is 57.7 Å². The Labute approximate surface area is 143 Å². The van der Waals surface area contributed by atoms with Gasteiger partial charge in [-0.3, -0.25) is 9.69 Å². The monoisotopic (exact) mass is 348 g/mol. The fourth-order valence-corrected chi connectivity index (χ4v) is 6.12. The van der Waals surface area contributed by atoms with E-state index in [0.29, 0.717) is 11.5 Å². The molecule has 2 fully saturated rings. The first-order valence-corrected chi connectivity index (χ1v) is 10.7. The second-order valence-corrected chi connectivity index (χ2v) is 9.46. The van der Waals surface area contributed by atoms with Crippen LogP contribution in [0.5, 0.6) is 0 Å². The number of carbonyl (C=O) groups excluding carboxylic acids is 1. The molecule has 4 rings (SSSR count). The molecule has 6 heteroatoms. The standard InChI is InChI=1S/C18H24N2O3S/c21-18(20-11-7-14-3-1-2-4-17(14)20)15-5-9-19(10-6-15)16-8-12-24(22,23)13-16/h1-4,15-16H,5-13H2. The molecule has 1 aromatic carbocycles. The van der Waals surface area contributed by atoms with Crippen LogP contribution in [0.1, 0.15) is 24.8 Å². The number of hydrogen-bond donors (Lipinski definition) is 0. The van der Waals surface area contributed by atoms with Gasteiger partial charge in [0.1, 0.15) is 0 Å². The van der Waals surface area contributed by atoms with Crippen molar-refractivity contribution in [2.24, 2.45) is 5.92 Å². The zero-order valence-electron chi connectivity index (χ0n) is 13.9. The Morgan fingerprint density at radius 3 is 2.50 bits per heavy atom. The van der Waals surface area contributed by atoms with Crippen LogP contribution in [0.2, 0.25) is 0 Å². The van der Waals surface area contributed by atoms with Gasteiger partial charge >= 0.3 is 0 Å². The SMILES string of the molecule is O=C(C1CCN(C2CCS(=O)(=O)C2)CC1)N1CCc2ccccc21. The fourth-order valence-electron chi connectivity index (χ4n) is 4.36. The number of hydrogen-bond acceptors (Lipinski definition) is 4. The molecule has 2 saturated heterocycles. The molecule has 130 valence electrons. The van der Waals surface area contributed by atoms with Crippen molar-refractivity contribution in [1.82, 2.24) is 4.90 Å². The van der Waals surface area contributed by atoms with Gasteiger partial charge in [0, 0.05) is 24.2 Å². The molecule has 0 bridgehead atoms. The highest BCUT2D eigenvalue weighted by Gasteiger charge is 2.37. The van der Waals surface area contributed by atoms with Crippen molar-refractivity contribution >= 4 is 21.4 Å². The average molecular weight is 348 g/mol. The van der Waals surface area contributed by atoms with E-state index < -0.39 is 9.84 Å². The normalized spacial score (nSPS) is 27.3. The highest BCUT2D eigenvalue weighted by molar-refractivity contribution is 7.91. The van der Waals surface area contributed by atoms with Crippen molar-refractivity contribution in [2.45, 2.75) is 31.7 Å². The Bertz CT molecular complexity index is 738. The van der Waals surface area contributed by atoms with Gasteiger partial charge in [0.15, 0.2) is 9.84 Å². The van der Waals surface area contributed by atoms with Crippen LogP contribution in [-0.2, 0) is 21.1 Å². The van der Waals surface area contributed by atoms with Crippen LogP contribution < -0.4 is 4.90 Å². The maximum atomic E-state index is 12.9. The molecular weight excluding hydrogens is 324 g/mol. The van der Waals surface area contributed by atoms with Gasteiger partial charge in [-0.15, -0.1) is 0 Å². The van der Waals surface area contributed by atoms with Crippen LogP contribution in [0.3, 0.4) is 0 Å². The first-order chi connectivity index (χ1) is 11.5. The molecule has 1 amide bonds. The third-order valence-corrected chi connectivity index (χ3v) is 7.51. The second kappa shape index (κ2) is 6.15. The summed E-state index contributed by atoms with van der Waals surface area (Å²) in [6.07, 6.45) is 3.38. The largest absolute Gasteiger partial charge is 0.312 e. The summed E-state index contributed by atoms with van der Waals surface area (Å²) in [6.45, 7) is 2.47. The number of anilines is 1. The second-order valence-electron chi connectivity index (χ2n) is 7.24. The van der Waals surface area contributed by atoms with E-state index in [4.69, 9.17) is 0 Å². The number of sulfone groups is 1. The summed E-state index contributed by atoms with van der Waals surface area (Å²) in [5, 5.41) is 0. The molecule has 1 aromatic rings. The third-order valence-electron chi connectivity index (χ3n) is 5.76. The van der Waals surface area contributed by atoms with E-state index in [0.717, 1.165) is 51.0 Å². The van der Waals surface area contributed by atoms with Crippen LogP contribution in [0.25, 0.3) is 0 Å². The van der Waals surface area contributed by atoms with E-state index in [1.165, 1.54) is 5.56 Å². The summed E-state index contributed by atoms with van der Waals surface area (Å²) in [5.41, 5.74) is 2.34. The molecule has 0 radical (unpaired) electrons. The van der Waals surface area contributed by atoms with Crippen LogP contribution in [0.15, 0.2) is 24.3 Å². The van der Waals surface area contributed by atoms with E-state index in [1.807, 2.05) is 23.1 Å². The molecular formula is C18H24N2O3S. The van der Waals surface area contributed by atoms with E-state index in [-0.39, 0.29) is 17.9 Å². The number of amides is 1. The number of para-hydroxylation sites is 1. The van der Waals surface area contributed by atoms with Crippen molar-refractivity contribution in [1.29, 1.82) is 0 Å². The summed E-state index contributed by atoms with van der Waals surface area (Å²) < 4.78 is 23.3. The number of carbonyl (C=O) groups is 1. The van der Waals surface area contributed by atoms with Crippen molar-refractivity contribution in [3.8, 4) is 0 Å². The van der Waals surface area contributed by atoms with Crippen molar-refractivity contribution in [3.05, 3.63) is 29.8 Å². The number of rotatable bonds is 2. The Balaban J connectivity index is 1.37. The lowest BCUT2D eigenvalue weighted by Crippen LogP contribution is -2.46. The molecule has 0 aliphatic carbocycles. The van der Waals surface area contributed by atoms with Crippen LogP contribution >= 0.6 is 0 Å². The van der Waals surface area contributed by atoms with E-state index in [1.54, 1.807) is 0 Å². The highest BCUT2D eigenvalue weighted by atomic mass is 32.2. The van der Waals surface area contributed by atoms with Gasteiger partial charge in [-0.25, -0.2) is 8.42 Å². The summed E-state index contributed by atoms with van der Waals surface area (Å²) in [5.74, 6) is 0.940. The van der Waals surface area contributed by atoms with E-state index in [9.17, 15) is 13.2 Å². The zero-order valence-corrected chi connectivity index (χ0v) is 14.7. The Morgan fingerprint density at radius 1 is 1.04 bits per heavy atom. The van der Waals surface area contributed by atoms with Crippen LogP contribution in [0.4, 0.5) is 5.69 Å². The van der Waals surface area contributed by atoms with Crippen molar-refractivity contribution in [2.75, 3.05) is 36.0 Å². The first-order valence-electron chi connectivity index (χ1n) is 8.87. The van der Waals surface area contributed by atoms with Gasteiger partial charge in [0.05, 0.1) is 11.5 Å². The average Bonchev–Trinajstić information content (AvgIpc) is 3.17. The molecule has 5 nitrogen and oxygen atoms in total. The summed E-state index contributed by atoms with van der Waals surface area (Å²) >= 11 is 0. The zero-order chi connectivity index (χ0) is 16.7. The molecule has 0 saturated carbocycles. The predicted molar refractivity (Wildman–Crippen MR) is 93.9 cm³/mol. The fraction of sp³-hybridized carbons (Fsp3) is 0.611. The Kier molecular flexibility index (Phi) is 4.12. The summed E-state index contributed by atoms with van der Waals surface area (Å²) in [4.78, 5) is 17.1. The Hall–Kier alpha value is -1.40. The van der Waals surface area contributed by atoms with Crippen molar-refractivity contribution in [3.63, 3.8) is 0 Å². The molecule has 0 aromatic heterocycles. The summed E-state index contributed by atoms with van der Waals surface area (Å²) in [6, 6.07) is 8.33. The van der Waals surface area contributed by atoms with E-state index >= 15 is 0 Å². The Morgan fingerprint density at radius 2 is 1.79 bits per heavy atom. The minimum absolute atomic E-state index is 0.0745. The van der Waals surface area contributed by atoms with Gasteiger partial charge in [0.25, 0.3) is 0 Å². The highest BCUT2D eigenvalue weighted by Crippen LogP contribution is 2.32. The van der Waals surface area contributed by atoms with Gasteiger partial charge in [0.2, 0.25) is 5.91 Å². The maximum absolute atomic E-state index is 12.9. The number of nitrogens with zero attached hydrogens (tertiary/aromatic N) is 2. The smallest absolute Gasteiger partial charge is 0.230 e. The quantitative estimate of drug-likeness (QED) is 0.812. The molecule has 3 heterocycles. The molecule has 24 heavy (non-hydrogen) atoms. The lowest BCUT2D eigenvalue weighted by Gasteiger charge is -2.36. The maximum Gasteiger partial charge on any atom is 0.230 e. The minimum Gasteiger partial charge on any atom is -0.312 e. The molecule has 1 unspecified atom stereocenters. The van der Waals surface area contributed by atoms with Gasteiger partial charge in [-0.05, 0) is 50.4 Å². The van der Waals surface area contributed by atoms with Crippen LogP contribution in [-0.4, -0.2) is 56.4 Å². The third kappa shape index (κ3) is 2.97. The predicted octanol–water partition coefficient (Wildman–Crippen LogP) is 1.47. The van der Waals surface area contributed by atoms with Gasteiger partial charge in [-0.2, -0.15) is 0 Å². The first kappa shape index (κ1) is 16.1. The van der Waals surface area contributed by atoms with Crippen LogP contribution in [0, 0.1) is 5.92 Å². The van der Waals surface area contributed by atoms with Gasteiger partial charge in [-0.1, -0.05) is 18.2 Å². The molecule has 1 atom stereocenters. The lowest BCUT2D eigenvalue weighted by atomic mass is 9.94.